The molecule has 0 nitrogen and oxygen atoms in total. The first-order valence-corrected chi connectivity index (χ1v) is 18.5. The molecule has 11 rings (SSSR count). The van der Waals surface area contributed by atoms with Crippen molar-refractivity contribution < 1.29 is 0 Å². The summed E-state index contributed by atoms with van der Waals surface area (Å²) in [5.41, 5.74) is 20.2. The van der Waals surface area contributed by atoms with Crippen LogP contribution in [0.25, 0.3) is 77.5 Å². The van der Waals surface area contributed by atoms with E-state index in [0.29, 0.717) is 0 Å². The molecule has 246 valence electrons. The molecule has 0 atom stereocenters. The molecule has 0 radical (unpaired) electrons. The Balaban J connectivity index is 0.995. The maximum absolute atomic E-state index is 2.47. The maximum atomic E-state index is 2.47. The lowest BCUT2D eigenvalue weighted by atomic mass is 9.70. The van der Waals surface area contributed by atoms with Crippen LogP contribution in [0.3, 0.4) is 0 Å². The molecule has 1 spiro atoms. The van der Waals surface area contributed by atoms with Crippen LogP contribution < -0.4 is 0 Å². The third kappa shape index (κ3) is 4.49. The minimum atomic E-state index is -0.345. The van der Waals surface area contributed by atoms with Crippen molar-refractivity contribution in [3.8, 4) is 66.8 Å². The van der Waals surface area contributed by atoms with Gasteiger partial charge in [-0.3, -0.25) is 0 Å². The van der Waals surface area contributed by atoms with E-state index >= 15 is 0 Å². The molecule has 0 fully saturated rings. The Kier molecular flexibility index (Phi) is 6.57. The molecule has 0 unspecified atom stereocenters. The fraction of sp³-hybridized carbons (Fsp3) is 0.0189. The van der Waals surface area contributed by atoms with Gasteiger partial charge in [0.05, 0.1) is 5.41 Å². The molecule has 0 saturated heterocycles. The van der Waals surface area contributed by atoms with Gasteiger partial charge >= 0.3 is 0 Å². The lowest BCUT2D eigenvalue weighted by Crippen LogP contribution is -2.25. The van der Waals surface area contributed by atoms with Gasteiger partial charge in [0, 0.05) is 0 Å². The SMILES string of the molecule is c1cc(-c2cccc(-c3ccc4c(c3)C3(c5ccccc5-c5ccccc53)c3ccccc3-4)c2)cc(-c2cccc(-c3ccc4ccccc4c3)c2)c1. The maximum Gasteiger partial charge on any atom is 0.0725 e. The van der Waals surface area contributed by atoms with E-state index in [0.717, 1.165) is 0 Å². The summed E-state index contributed by atoms with van der Waals surface area (Å²) in [6.45, 7) is 0. The molecule has 0 aromatic heterocycles. The summed E-state index contributed by atoms with van der Waals surface area (Å²) in [6, 6.07) is 76.5. The summed E-state index contributed by atoms with van der Waals surface area (Å²) < 4.78 is 0. The van der Waals surface area contributed by atoms with E-state index in [-0.39, 0.29) is 5.41 Å². The molecule has 0 heteroatoms. The summed E-state index contributed by atoms with van der Waals surface area (Å²) >= 11 is 0. The van der Waals surface area contributed by atoms with E-state index in [4.69, 9.17) is 0 Å². The Morgan fingerprint density at radius 1 is 0.208 bits per heavy atom. The van der Waals surface area contributed by atoms with Crippen molar-refractivity contribution in [1.82, 2.24) is 0 Å². The molecule has 9 aromatic carbocycles. The average Bonchev–Trinajstić information content (AvgIpc) is 3.71. The van der Waals surface area contributed by atoms with Gasteiger partial charge in [-0.1, -0.05) is 176 Å². The Hall–Kier alpha value is -6.76. The normalized spacial score (nSPS) is 13.1. The topological polar surface area (TPSA) is 0 Å². The van der Waals surface area contributed by atoms with Crippen LogP contribution in [0.1, 0.15) is 22.3 Å². The van der Waals surface area contributed by atoms with Crippen LogP contribution in [0, 0.1) is 0 Å². The van der Waals surface area contributed by atoms with Crippen LogP contribution in [0.15, 0.2) is 206 Å². The molecule has 2 aliphatic carbocycles. The molecule has 0 amide bonds. The van der Waals surface area contributed by atoms with Crippen LogP contribution >= 0.6 is 0 Å². The van der Waals surface area contributed by atoms with Crippen molar-refractivity contribution in [2.75, 3.05) is 0 Å². The Morgan fingerprint density at radius 3 is 1.06 bits per heavy atom. The van der Waals surface area contributed by atoms with Crippen LogP contribution in [-0.4, -0.2) is 0 Å². The van der Waals surface area contributed by atoms with E-state index in [1.165, 1.54) is 99.8 Å². The Morgan fingerprint density at radius 2 is 0.566 bits per heavy atom. The second-order valence-corrected chi connectivity index (χ2v) is 14.5. The third-order valence-electron chi connectivity index (χ3n) is 11.7. The highest BCUT2D eigenvalue weighted by Gasteiger charge is 2.51. The summed E-state index contributed by atoms with van der Waals surface area (Å²) in [7, 11) is 0. The third-order valence-corrected chi connectivity index (χ3v) is 11.7. The zero-order valence-electron chi connectivity index (χ0n) is 29.1. The molecule has 0 saturated carbocycles. The summed E-state index contributed by atoms with van der Waals surface area (Å²) in [6.07, 6.45) is 0. The number of benzene rings is 9. The Labute approximate surface area is 310 Å². The summed E-state index contributed by atoms with van der Waals surface area (Å²) in [5.74, 6) is 0. The van der Waals surface area contributed by atoms with Crippen LogP contribution in [0.4, 0.5) is 0 Å². The molecule has 53 heavy (non-hydrogen) atoms. The summed E-state index contributed by atoms with van der Waals surface area (Å²) in [5, 5.41) is 2.53. The summed E-state index contributed by atoms with van der Waals surface area (Å²) in [4.78, 5) is 0. The molecule has 2 aliphatic rings. The quantitative estimate of drug-likeness (QED) is 0.175. The van der Waals surface area contributed by atoms with E-state index in [2.05, 4.69) is 206 Å². The number of fused-ring (bicyclic) bond motifs is 11. The van der Waals surface area contributed by atoms with Crippen molar-refractivity contribution in [3.63, 3.8) is 0 Å². The minimum absolute atomic E-state index is 0.345. The average molecular weight is 671 g/mol. The lowest BCUT2D eigenvalue weighted by Gasteiger charge is -2.30. The largest absolute Gasteiger partial charge is 0.0725 e. The predicted octanol–water partition coefficient (Wildman–Crippen LogP) is 13.9. The smallest absolute Gasteiger partial charge is 0.0619 e. The molecule has 0 N–H and O–H groups in total. The van der Waals surface area contributed by atoms with Crippen LogP contribution in [-0.2, 0) is 5.41 Å². The first-order valence-electron chi connectivity index (χ1n) is 18.5. The standard InChI is InChI=1S/C53H34/c1-2-13-36-30-43(27-26-35(36)12-1)41-18-10-16-39(32-41)37-14-9-15-38(31-37)40-17-11-19-42(33-40)44-28-29-48-47-22-5-8-25-51(47)53(52(48)34-44)49-23-6-3-20-45(49)46-21-4-7-24-50(46)53/h1-34H. The van der Waals surface area contributed by atoms with Gasteiger partial charge in [0.25, 0.3) is 0 Å². The van der Waals surface area contributed by atoms with Gasteiger partial charge in [-0.15, -0.1) is 0 Å². The van der Waals surface area contributed by atoms with Crippen molar-refractivity contribution in [2.45, 2.75) is 5.41 Å². The highest BCUT2D eigenvalue weighted by atomic mass is 14.5. The van der Waals surface area contributed by atoms with E-state index in [9.17, 15) is 0 Å². The molecular formula is C53H34. The minimum Gasteiger partial charge on any atom is -0.0619 e. The van der Waals surface area contributed by atoms with Crippen molar-refractivity contribution >= 4 is 10.8 Å². The predicted molar refractivity (Wildman–Crippen MR) is 222 cm³/mol. The fourth-order valence-corrected chi connectivity index (χ4v) is 9.28. The molecule has 0 heterocycles. The monoisotopic (exact) mass is 670 g/mol. The zero-order valence-corrected chi connectivity index (χ0v) is 29.1. The van der Waals surface area contributed by atoms with Crippen molar-refractivity contribution in [3.05, 3.63) is 229 Å². The highest BCUT2D eigenvalue weighted by Crippen LogP contribution is 2.63. The van der Waals surface area contributed by atoms with E-state index < -0.39 is 0 Å². The van der Waals surface area contributed by atoms with Crippen LogP contribution in [0.2, 0.25) is 0 Å². The zero-order chi connectivity index (χ0) is 34.9. The first kappa shape index (κ1) is 29.9. The number of hydrogen-bond acceptors (Lipinski definition) is 0. The fourth-order valence-electron chi connectivity index (χ4n) is 9.28. The van der Waals surface area contributed by atoms with E-state index in [1.807, 2.05) is 0 Å². The van der Waals surface area contributed by atoms with Gasteiger partial charge in [0.15, 0.2) is 0 Å². The molecule has 9 aromatic rings. The van der Waals surface area contributed by atoms with Gasteiger partial charge in [-0.05, 0) is 130 Å². The second-order valence-electron chi connectivity index (χ2n) is 14.5. The molecule has 0 bridgehead atoms. The second kappa shape index (κ2) is 11.6. The van der Waals surface area contributed by atoms with E-state index in [1.54, 1.807) is 0 Å². The number of hydrogen-bond donors (Lipinski definition) is 0. The van der Waals surface area contributed by atoms with Crippen molar-refractivity contribution in [2.24, 2.45) is 0 Å². The van der Waals surface area contributed by atoms with Crippen molar-refractivity contribution in [1.29, 1.82) is 0 Å². The lowest BCUT2D eigenvalue weighted by molar-refractivity contribution is 0.794. The highest BCUT2D eigenvalue weighted by molar-refractivity contribution is 5.96. The molecular weight excluding hydrogens is 637 g/mol. The van der Waals surface area contributed by atoms with Gasteiger partial charge < -0.3 is 0 Å². The Bertz CT molecular complexity index is 2840. The van der Waals surface area contributed by atoms with Crippen LogP contribution in [0.5, 0.6) is 0 Å². The molecule has 0 aliphatic heterocycles. The first-order chi connectivity index (χ1) is 26.3. The van der Waals surface area contributed by atoms with Gasteiger partial charge in [-0.2, -0.15) is 0 Å². The number of rotatable bonds is 4. The van der Waals surface area contributed by atoms with Gasteiger partial charge in [-0.25, -0.2) is 0 Å². The van der Waals surface area contributed by atoms with Gasteiger partial charge in [0.2, 0.25) is 0 Å². The van der Waals surface area contributed by atoms with Gasteiger partial charge in [0.1, 0.15) is 0 Å².